The van der Waals surface area contributed by atoms with Crippen molar-refractivity contribution in [1.82, 2.24) is 9.84 Å². The van der Waals surface area contributed by atoms with E-state index in [2.05, 4.69) is 58.1 Å². The van der Waals surface area contributed by atoms with Gasteiger partial charge in [-0.15, -0.1) is 0 Å². The van der Waals surface area contributed by atoms with Crippen molar-refractivity contribution in [3.63, 3.8) is 0 Å². The number of nitrogens with zero attached hydrogens (tertiary/aromatic N) is 2. The molecule has 1 fully saturated rings. The number of hydrogen-bond acceptors (Lipinski definition) is 2. The van der Waals surface area contributed by atoms with E-state index in [1.807, 2.05) is 0 Å². The highest BCUT2D eigenvalue weighted by Gasteiger charge is 2.35. The minimum absolute atomic E-state index is 0.590. The van der Waals surface area contributed by atoms with Crippen LogP contribution >= 0.6 is 0 Å². The first-order chi connectivity index (χ1) is 6.37. The lowest BCUT2D eigenvalue weighted by molar-refractivity contribution is 0.0964. The van der Waals surface area contributed by atoms with Gasteiger partial charge in [0.15, 0.2) is 0 Å². The van der Waals surface area contributed by atoms with Gasteiger partial charge in [-0.05, 0) is 27.7 Å². The number of hydrazine groups is 1. The predicted molar refractivity (Wildman–Crippen MR) is 66.1 cm³/mol. The van der Waals surface area contributed by atoms with Gasteiger partial charge in [0.1, 0.15) is 0 Å². The van der Waals surface area contributed by atoms with Gasteiger partial charge < -0.3 is 15.6 Å². The molecule has 1 heterocycles. The highest BCUT2D eigenvalue weighted by molar-refractivity contribution is 6.86. The Kier molecular flexibility index (Phi) is 3.70. The van der Waals surface area contributed by atoms with Gasteiger partial charge >= 0.3 is 0 Å². The highest BCUT2D eigenvalue weighted by atomic mass is 15.6. The molecule has 1 rings (SSSR count). The van der Waals surface area contributed by atoms with Crippen molar-refractivity contribution in [3.8, 4) is 0 Å². The molecule has 0 atom stereocenters. The van der Waals surface area contributed by atoms with Crippen molar-refractivity contribution in [3.05, 3.63) is 5.72 Å². The predicted octanol–water partition coefficient (Wildman–Crippen LogP) is 2.25. The number of hydrogen-bond donors (Lipinski definition) is 0. The summed E-state index contributed by atoms with van der Waals surface area (Å²) in [6.45, 7) is 17.2. The van der Waals surface area contributed by atoms with Crippen LogP contribution in [-0.4, -0.2) is 35.6 Å². The van der Waals surface area contributed by atoms with E-state index < -0.39 is 0 Å². The van der Waals surface area contributed by atoms with Crippen LogP contribution in [0.1, 0.15) is 34.6 Å². The Morgan fingerprint density at radius 3 is 1.36 bits per heavy atom. The molecule has 0 unspecified atom stereocenters. The Morgan fingerprint density at radius 2 is 1.14 bits per heavy atom. The summed E-state index contributed by atoms with van der Waals surface area (Å²) in [6, 6.07) is 1.18. The maximum Gasteiger partial charge on any atom is 0.0684 e. The summed E-state index contributed by atoms with van der Waals surface area (Å²) < 4.78 is 0. The topological polar surface area (TPSA) is 6.48 Å². The molecule has 2 nitrogen and oxygen atoms in total. The molecule has 1 aliphatic heterocycles. The second kappa shape index (κ2) is 4.28. The van der Waals surface area contributed by atoms with Crippen LogP contribution in [0.4, 0.5) is 0 Å². The zero-order chi connectivity index (χ0) is 11.0. The Labute approximate surface area is 90.2 Å². The van der Waals surface area contributed by atoms with Crippen LogP contribution < -0.4 is 0 Å². The summed E-state index contributed by atoms with van der Waals surface area (Å²) in [7, 11) is 0. The largest absolute Gasteiger partial charge is 0.327 e. The summed E-state index contributed by atoms with van der Waals surface area (Å²) in [4.78, 5) is 5.04. The molecule has 1 aliphatic rings. The summed E-state index contributed by atoms with van der Waals surface area (Å²) in [5.74, 6) is 0. The molecule has 80 valence electrons. The standard InChI is InChI=1S/C10H23B2N2/c1-8(2)13-11(6)10(5)12(7)14(13)9(3)4/h8-9H,1-7H3/q-1. The van der Waals surface area contributed by atoms with Gasteiger partial charge in [-0.2, -0.15) is 6.92 Å². The minimum atomic E-state index is 0.590. The lowest BCUT2D eigenvalue weighted by atomic mass is 9.36. The Balaban J connectivity index is 2.89. The van der Waals surface area contributed by atoms with Crippen molar-refractivity contribution >= 4 is 13.7 Å². The summed E-state index contributed by atoms with van der Waals surface area (Å²) in [5, 5.41) is 0. The second-order valence-electron chi connectivity index (χ2n) is 5.04. The van der Waals surface area contributed by atoms with E-state index in [9.17, 15) is 0 Å². The van der Waals surface area contributed by atoms with Gasteiger partial charge in [-0.3, -0.25) is 0 Å². The first kappa shape index (κ1) is 12.1. The molecule has 0 aromatic heterocycles. The molecule has 4 heteroatoms. The second-order valence-corrected chi connectivity index (χ2v) is 5.04. The summed E-state index contributed by atoms with van der Waals surface area (Å²) in [5.41, 5.74) is 1.59. The smallest absolute Gasteiger partial charge is 0.0684 e. The van der Waals surface area contributed by atoms with Gasteiger partial charge in [0.25, 0.3) is 0 Å². The zero-order valence-corrected chi connectivity index (χ0v) is 10.7. The van der Waals surface area contributed by atoms with Crippen LogP contribution in [0.2, 0.25) is 13.6 Å². The fourth-order valence-corrected chi connectivity index (χ4v) is 2.59. The normalized spacial score (nSPS) is 22.1. The minimum Gasteiger partial charge on any atom is -0.327 e. The Morgan fingerprint density at radius 1 is 0.857 bits per heavy atom. The monoisotopic (exact) mass is 193 g/mol. The molecule has 0 aliphatic carbocycles. The van der Waals surface area contributed by atoms with Crippen molar-refractivity contribution < 1.29 is 0 Å². The maximum absolute atomic E-state index is 2.52. The molecule has 0 amide bonds. The first-order valence-electron chi connectivity index (χ1n) is 5.77. The van der Waals surface area contributed by atoms with Crippen molar-refractivity contribution in [2.45, 2.75) is 60.3 Å². The molecule has 0 radical (unpaired) electrons. The summed E-state index contributed by atoms with van der Waals surface area (Å²) in [6.07, 6.45) is 0. The van der Waals surface area contributed by atoms with Crippen LogP contribution in [0, 0.1) is 5.72 Å². The molecule has 0 aromatic rings. The lowest BCUT2D eigenvalue weighted by Gasteiger charge is -2.43. The van der Waals surface area contributed by atoms with E-state index in [1.165, 1.54) is 0 Å². The maximum atomic E-state index is 2.52. The quantitative estimate of drug-likeness (QED) is 0.490. The van der Waals surface area contributed by atoms with Crippen LogP contribution in [0.5, 0.6) is 0 Å². The van der Waals surface area contributed by atoms with Crippen molar-refractivity contribution in [2.75, 3.05) is 0 Å². The third-order valence-corrected chi connectivity index (χ3v) is 3.44. The van der Waals surface area contributed by atoms with Gasteiger partial charge in [0, 0.05) is 12.1 Å². The molecule has 0 saturated carbocycles. The zero-order valence-electron chi connectivity index (χ0n) is 10.7. The summed E-state index contributed by atoms with van der Waals surface area (Å²) >= 11 is 0. The lowest BCUT2D eigenvalue weighted by Crippen LogP contribution is -2.52. The van der Waals surface area contributed by atoms with E-state index in [4.69, 9.17) is 0 Å². The molecular formula is C10H23B2N2-. The van der Waals surface area contributed by atoms with E-state index >= 15 is 0 Å². The van der Waals surface area contributed by atoms with Gasteiger partial charge in [-0.1, -0.05) is 13.6 Å². The van der Waals surface area contributed by atoms with E-state index in [-0.39, 0.29) is 0 Å². The highest BCUT2D eigenvalue weighted by Crippen LogP contribution is 2.30. The molecule has 0 aromatic carbocycles. The first-order valence-corrected chi connectivity index (χ1v) is 5.77. The van der Waals surface area contributed by atoms with Gasteiger partial charge in [0.2, 0.25) is 0 Å². The third kappa shape index (κ3) is 1.87. The molecule has 1 saturated heterocycles. The van der Waals surface area contributed by atoms with Crippen molar-refractivity contribution in [1.29, 1.82) is 0 Å². The van der Waals surface area contributed by atoms with Crippen LogP contribution in [0.15, 0.2) is 0 Å². The van der Waals surface area contributed by atoms with E-state index in [0.717, 1.165) is 0 Å². The fraction of sp³-hybridized carbons (Fsp3) is 0.900. The van der Waals surface area contributed by atoms with E-state index in [1.54, 1.807) is 5.72 Å². The molecule has 0 spiro atoms. The molecule has 0 N–H and O–H groups in total. The average Bonchev–Trinajstić information content (AvgIpc) is 2.29. The van der Waals surface area contributed by atoms with Crippen LogP contribution in [0.25, 0.3) is 0 Å². The SMILES string of the molecule is CB1[C-](C)B(C)N(C(C)C)N1C(C)C. The van der Waals surface area contributed by atoms with Gasteiger partial charge in [0.05, 0.1) is 13.7 Å². The third-order valence-electron chi connectivity index (χ3n) is 3.44. The average molecular weight is 193 g/mol. The van der Waals surface area contributed by atoms with Crippen LogP contribution in [0.3, 0.4) is 0 Å². The molecule has 14 heavy (non-hydrogen) atoms. The fourth-order valence-electron chi connectivity index (χ4n) is 2.59. The van der Waals surface area contributed by atoms with Crippen LogP contribution in [-0.2, 0) is 0 Å². The molecular weight excluding hydrogens is 170 g/mol. The van der Waals surface area contributed by atoms with E-state index in [0.29, 0.717) is 25.8 Å². The Hall–Kier alpha value is 0.0499. The van der Waals surface area contributed by atoms with Crippen molar-refractivity contribution in [2.24, 2.45) is 0 Å². The molecule has 0 bridgehead atoms. The Bertz CT molecular complexity index is 177. The van der Waals surface area contributed by atoms with Gasteiger partial charge in [-0.25, -0.2) is 0 Å². The number of rotatable bonds is 2.